The molecule has 0 aliphatic carbocycles. The molecule has 0 bridgehead atoms. The van der Waals surface area contributed by atoms with Crippen LogP contribution >= 0.6 is 0 Å². The Morgan fingerprint density at radius 3 is 2.25 bits per heavy atom. The van der Waals surface area contributed by atoms with Crippen LogP contribution in [-0.4, -0.2) is 33.0 Å². The lowest BCUT2D eigenvalue weighted by Crippen LogP contribution is -2.32. The molecule has 0 saturated carbocycles. The maximum Gasteiger partial charge on any atom is 0.150 e. The molecule has 0 aromatic rings. The Hall–Kier alpha value is -0.0900. The van der Waals surface area contributed by atoms with Gasteiger partial charge in [-0.2, -0.15) is 0 Å². The topological polar surface area (TPSA) is 46.2 Å². The van der Waals surface area contributed by atoms with Gasteiger partial charge in [0.25, 0.3) is 0 Å². The third-order valence-electron chi connectivity index (χ3n) is 4.68. The van der Waals surface area contributed by atoms with Crippen LogP contribution in [0.3, 0.4) is 0 Å². The van der Waals surface area contributed by atoms with Gasteiger partial charge in [-0.15, -0.1) is 0 Å². The molecule has 1 saturated heterocycles. The van der Waals surface area contributed by atoms with Gasteiger partial charge in [-0.05, 0) is 49.6 Å². The summed E-state index contributed by atoms with van der Waals surface area (Å²) in [6.45, 7) is 10.9. The summed E-state index contributed by atoms with van der Waals surface area (Å²) in [5, 5.41) is 3.55. The van der Waals surface area contributed by atoms with Gasteiger partial charge < -0.3 is 5.32 Å². The highest BCUT2D eigenvalue weighted by Gasteiger charge is 2.34. The minimum absolute atomic E-state index is 0.375. The van der Waals surface area contributed by atoms with Crippen molar-refractivity contribution >= 4 is 9.84 Å². The summed E-state index contributed by atoms with van der Waals surface area (Å²) in [6.07, 6.45) is 4.46. The average molecular weight is 304 g/mol. The second-order valence-electron chi connectivity index (χ2n) is 6.89. The largest absolute Gasteiger partial charge is 0.316 e. The summed E-state index contributed by atoms with van der Waals surface area (Å²) in [7, 11) is -2.76. The Morgan fingerprint density at radius 2 is 1.80 bits per heavy atom. The lowest BCUT2D eigenvalue weighted by atomic mass is 9.82. The summed E-state index contributed by atoms with van der Waals surface area (Å²) in [4.78, 5) is 0. The first-order chi connectivity index (χ1) is 9.38. The van der Waals surface area contributed by atoms with E-state index in [1.165, 1.54) is 19.3 Å². The van der Waals surface area contributed by atoms with Crippen molar-refractivity contribution in [3.8, 4) is 0 Å². The summed E-state index contributed by atoms with van der Waals surface area (Å²) >= 11 is 0. The Morgan fingerprint density at radius 1 is 1.15 bits per heavy atom. The summed E-state index contributed by atoms with van der Waals surface area (Å²) in [5.41, 5.74) is 0. The fourth-order valence-corrected chi connectivity index (χ4v) is 5.17. The molecule has 120 valence electrons. The highest BCUT2D eigenvalue weighted by molar-refractivity contribution is 7.91. The Labute approximate surface area is 125 Å². The van der Waals surface area contributed by atoms with E-state index in [0.717, 1.165) is 25.4 Å². The van der Waals surface area contributed by atoms with E-state index in [-0.39, 0.29) is 0 Å². The second kappa shape index (κ2) is 8.38. The van der Waals surface area contributed by atoms with Gasteiger partial charge in [0.05, 0.1) is 11.5 Å². The Kier molecular flexibility index (Phi) is 7.52. The van der Waals surface area contributed by atoms with Crippen LogP contribution in [0.4, 0.5) is 0 Å². The van der Waals surface area contributed by atoms with Crippen molar-refractivity contribution in [1.82, 2.24) is 5.32 Å². The van der Waals surface area contributed by atoms with Gasteiger partial charge in [-0.25, -0.2) is 8.42 Å². The zero-order valence-electron chi connectivity index (χ0n) is 13.7. The lowest BCUT2D eigenvalue weighted by molar-refractivity contribution is 0.264. The number of nitrogens with one attached hydrogen (secondary N) is 1. The second-order valence-corrected chi connectivity index (χ2v) is 9.12. The molecule has 0 amide bonds. The first kappa shape index (κ1) is 18.0. The standard InChI is InChI=1S/C16H33NO2S/c1-5-14(6-2)9-16(11-17-10-13(3)4)15-7-8-20(18,19)12-15/h13-17H,5-12H2,1-4H3. The lowest BCUT2D eigenvalue weighted by Gasteiger charge is -2.27. The van der Waals surface area contributed by atoms with Gasteiger partial charge in [0.15, 0.2) is 9.84 Å². The van der Waals surface area contributed by atoms with Gasteiger partial charge in [-0.1, -0.05) is 40.5 Å². The first-order valence-electron chi connectivity index (χ1n) is 8.29. The molecule has 3 nitrogen and oxygen atoms in total. The minimum atomic E-state index is -2.76. The fraction of sp³-hybridized carbons (Fsp3) is 1.00. The maximum atomic E-state index is 11.7. The van der Waals surface area contributed by atoms with Crippen LogP contribution in [-0.2, 0) is 9.84 Å². The van der Waals surface area contributed by atoms with Gasteiger partial charge in [0.1, 0.15) is 0 Å². The van der Waals surface area contributed by atoms with E-state index in [0.29, 0.717) is 29.3 Å². The Balaban J connectivity index is 2.59. The van der Waals surface area contributed by atoms with Crippen molar-refractivity contribution in [3.05, 3.63) is 0 Å². The monoisotopic (exact) mass is 303 g/mol. The zero-order valence-corrected chi connectivity index (χ0v) is 14.5. The predicted molar refractivity (Wildman–Crippen MR) is 86.6 cm³/mol. The molecule has 1 aliphatic rings. The van der Waals surface area contributed by atoms with Crippen LogP contribution in [0.25, 0.3) is 0 Å². The van der Waals surface area contributed by atoms with Crippen molar-refractivity contribution in [1.29, 1.82) is 0 Å². The quantitative estimate of drug-likeness (QED) is 0.712. The summed E-state index contributed by atoms with van der Waals surface area (Å²) < 4.78 is 23.5. The molecule has 4 heteroatoms. The van der Waals surface area contributed by atoms with Crippen molar-refractivity contribution in [2.45, 2.75) is 53.4 Å². The van der Waals surface area contributed by atoms with Crippen molar-refractivity contribution in [2.24, 2.45) is 23.7 Å². The van der Waals surface area contributed by atoms with Crippen LogP contribution < -0.4 is 5.32 Å². The predicted octanol–water partition coefficient (Wildman–Crippen LogP) is 3.11. The van der Waals surface area contributed by atoms with Crippen LogP contribution in [0.2, 0.25) is 0 Å². The summed E-state index contributed by atoms with van der Waals surface area (Å²) in [6, 6.07) is 0. The van der Waals surface area contributed by atoms with E-state index in [2.05, 4.69) is 33.0 Å². The molecule has 2 atom stereocenters. The van der Waals surface area contributed by atoms with Crippen LogP contribution in [0.15, 0.2) is 0 Å². The third kappa shape index (κ3) is 6.13. The third-order valence-corrected chi connectivity index (χ3v) is 6.48. The van der Waals surface area contributed by atoms with Gasteiger partial charge >= 0.3 is 0 Å². The SMILES string of the molecule is CCC(CC)CC(CNCC(C)C)C1CCS(=O)(=O)C1. The molecule has 1 N–H and O–H groups in total. The first-order valence-corrected chi connectivity index (χ1v) is 10.1. The average Bonchev–Trinajstić information content (AvgIpc) is 2.73. The van der Waals surface area contributed by atoms with E-state index < -0.39 is 9.84 Å². The van der Waals surface area contributed by atoms with E-state index in [4.69, 9.17) is 0 Å². The van der Waals surface area contributed by atoms with Crippen LogP contribution in [0, 0.1) is 23.7 Å². The molecule has 0 aromatic heterocycles. The number of rotatable bonds is 9. The van der Waals surface area contributed by atoms with Gasteiger partial charge in [0, 0.05) is 0 Å². The van der Waals surface area contributed by atoms with Crippen LogP contribution in [0.1, 0.15) is 53.4 Å². The maximum absolute atomic E-state index is 11.7. The van der Waals surface area contributed by atoms with E-state index in [1.807, 2.05) is 0 Å². The minimum Gasteiger partial charge on any atom is -0.316 e. The molecular weight excluding hydrogens is 270 g/mol. The molecule has 2 unspecified atom stereocenters. The number of hydrogen-bond donors (Lipinski definition) is 1. The molecule has 1 aliphatic heterocycles. The molecule has 0 aromatic carbocycles. The highest BCUT2D eigenvalue weighted by Crippen LogP contribution is 2.31. The molecule has 1 rings (SSSR count). The van der Waals surface area contributed by atoms with Crippen LogP contribution in [0.5, 0.6) is 0 Å². The molecule has 1 heterocycles. The highest BCUT2D eigenvalue weighted by atomic mass is 32.2. The molecule has 1 fully saturated rings. The zero-order chi connectivity index (χ0) is 15.2. The van der Waals surface area contributed by atoms with Gasteiger partial charge in [-0.3, -0.25) is 0 Å². The smallest absolute Gasteiger partial charge is 0.150 e. The van der Waals surface area contributed by atoms with Gasteiger partial charge in [0.2, 0.25) is 0 Å². The van der Waals surface area contributed by atoms with Crippen molar-refractivity contribution in [3.63, 3.8) is 0 Å². The molecular formula is C16H33NO2S. The summed E-state index contributed by atoms with van der Waals surface area (Å²) in [5.74, 6) is 3.11. The normalized spacial score (nSPS) is 23.6. The Bertz CT molecular complexity index is 361. The fourth-order valence-electron chi connectivity index (χ4n) is 3.25. The molecule has 20 heavy (non-hydrogen) atoms. The van der Waals surface area contributed by atoms with Crippen molar-refractivity contribution in [2.75, 3.05) is 24.6 Å². The van der Waals surface area contributed by atoms with E-state index >= 15 is 0 Å². The number of hydrogen-bond acceptors (Lipinski definition) is 3. The van der Waals surface area contributed by atoms with Crippen molar-refractivity contribution < 1.29 is 8.42 Å². The van der Waals surface area contributed by atoms with E-state index in [9.17, 15) is 8.42 Å². The van der Waals surface area contributed by atoms with E-state index in [1.54, 1.807) is 0 Å². The molecule has 0 spiro atoms. The number of sulfone groups is 1. The molecule has 0 radical (unpaired) electrons.